The summed E-state index contributed by atoms with van der Waals surface area (Å²) in [4.78, 5) is 18.0. The molecule has 3 nitrogen and oxygen atoms in total. The van der Waals surface area contributed by atoms with Crippen molar-refractivity contribution in [1.29, 1.82) is 0 Å². The third-order valence-electron chi connectivity index (χ3n) is 4.37. The Morgan fingerprint density at radius 2 is 1.68 bits per heavy atom. The van der Waals surface area contributed by atoms with E-state index in [4.69, 9.17) is 4.84 Å². The Balaban J connectivity index is 2.63. The lowest BCUT2D eigenvalue weighted by Gasteiger charge is -2.28. The maximum atomic E-state index is 12.4. The van der Waals surface area contributed by atoms with Gasteiger partial charge in [-0.15, -0.1) is 0 Å². The van der Waals surface area contributed by atoms with E-state index in [-0.39, 0.29) is 11.9 Å². The summed E-state index contributed by atoms with van der Waals surface area (Å²) in [5.74, 6) is 0.147. The molecule has 1 amide bonds. The summed E-state index contributed by atoms with van der Waals surface area (Å²) in [6.07, 6.45) is 15.1. The van der Waals surface area contributed by atoms with Crippen molar-refractivity contribution in [3.8, 4) is 0 Å². The quantitative estimate of drug-likeness (QED) is 0.639. The third kappa shape index (κ3) is 7.98. The second-order valence-corrected chi connectivity index (χ2v) is 6.61. The first-order chi connectivity index (χ1) is 10.6. The number of allylic oxidation sites excluding steroid dienone is 1. The summed E-state index contributed by atoms with van der Waals surface area (Å²) in [6.45, 7) is 6.77. The Labute approximate surface area is 137 Å². The highest BCUT2D eigenvalue weighted by molar-refractivity contribution is 5.75. The van der Waals surface area contributed by atoms with Crippen LogP contribution in [-0.4, -0.2) is 23.6 Å². The summed E-state index contributed by atoms with van der Waals surface area (Å²) in [6, 6.07) is 0.122. The number of hydroxylamine groups is 2. The molecule has 1 rings (SSSR count). The van der Waals surface area contributed by atoms with Gasteiger partial charge in [0.1, 0.15) is 0 Å². The van der Waals surface area contributed by atoms with Crippen LogP contribution in [0.25, 0.3) is 0 Å². The molecule has 1 atom stereocenters. The summed E-state index contributed by atoms with van der Waals surface area (Å²) in [7, 11) is 0. The lowest BCUT2D eigenvalue weighted by molar-refractivity contribution is -0.196. The highest BCUT2D eigenvalue weighted by atomic mass is 16.7. The molecule has 0 spiro atoms. The molecule has 0 saturated heterocycles. The van der Waals surface area contributed by atoms with Gasteiger partial charge in [0.15, 0.2) is 0 Å². The molecule has 0 bridgehead atoms. The lowest BCUT2D eigenvalue weighted by atomic mass is 10.0. The van der Waals surface area contributed by atoms with Crippen LogP contribution in [-0.2, 0) is 9.63 Å². The normalized spacial score (nSPS) is 26.5. The van der Waals surface area contributed by atoms with Gasteiger partial charge in [-0.2, -0.15) is 0 Å². The van der Waals surface area contributed by atoms with Gasteiger partial charge in [-0.1, -0.05) is 50.2 Å². The van der Waals surface area contributed by atoms with Crippen LogP contribution in [0.15, 0.2) is 11.6 Å². The second kappa shape index (κ2) is 11.7. The van der Waals surface area contributed by atoms with E-state index in [1.165, 1.54) is 56.9 Å². The van der Waals surface area contributed by atoms with Crippen LogP contribution in [0, 0.1) is 0 Å². The van der Waals surface area contributed by atoms with E-state index in [9.17, 15) is 4.79 Å². The molecular formula is C19H35NO2. The van der Waals surface area contributed by atoms with E-state index in [0.717, 1.165) is 12.8 Å². The fourth-order valence-electron chi connectivity index (χ4n) is 3.16. The van der Waals surface area contributed by atoms with E-state index in [0.29, 0.717) is 13.0 Å². The fraction of sp³-hybridized carbons (Fsp3) is 0.842. The Morgan fingerprint density at radius 3 is 2.32 bits per heavy atom. The second-order valence-electron chi connectivity index (χ2n) is 6.61. The molecule has 128 valence electrons. The maximum absolute atomic E-state index is 12.4. The molecule has 0 aromatic carbocycles. The first kappa shape index (κ1) is 19.2. The smallest absolute Gasteiger partial charge is 0.246 e. The molecule has 1 heterocycles. The molecule has 0 saturated carbocycles. The van der Waals surface area contributed by atoms with Crippen LogP contribution in [0.5, 0.6) is 0 Å². The van der Waals surface area contributed by atoms with Crippen LogP contribution in [0.4, 0.5) is 0 Å². The average molecular weight is 309 g/mol. The van der Waals surface area contributed by atoms with Gasteiger partial charge in [-0.25, -0.2) is 5.06 Å². The Bertz CT molecular complexity index is 338. The third-order valence-corrected chi connectivity index (χ3v) is 4.37. The average Bonchev–Trinajstić information content (AvgIpc) is 2.48. The predicted octanol–water partition coefficient (Wildman–Crippen LogP) is 5.41. The minimum absolute atomic E-state index is 0.122. The monoisotopic (exact) mass is 309 g/mol. The molecule has 22 heavy (non-hydrogen) atoms. The molecule has 0 radical (unpaired) electrons. The van der Waals surface area contributed by atoms with Gasteiger partial charge >= 0.3 is 0 Å². The summed E-state index contributed by atoms with van der Waals surface area (Å²) >= 11 is 0. The summed E-state index contributed by atoms with van der Waals surface area (Å²) < 4.78 is 0. The van der Waals surface area contributed by atoms with Gasteiger partial charge in [-0.3, -0.25) is 9.63 Å². The number of nitrogens with zero attached hydrogens (tertiary/aromatic N) is 1. The zero-order valence-electron chi connectivity index (χ0n) is 14.9. The molecule has 1 aliphatic rings. The van der Waals surface area contributed by atoms with Crippen LogP contribution < -0.4 is 0 Å². The molecule has 1 unspecified atom stereocenters. The number of hydrogen-bond donors (Lipinski definition) is 0. The van der Waals surface area contributed by atoms with Crippen LogP contribution >= 0.6 is 0 Å². The first-order valence-electron chi connectivity index (χ1n) is 9.25. The van der Waals surface area contributed by atoms with Gasteiger partial charge in [0.2, 0.25) is 5.91 Å². The topological polar surface area (TPSA) is 29.5 Å². The molecule has 0 N–H and O–H groups in total. The Hall–Kier alpha value is -0.830. The van der Waals surface area contributed by atoms with Gasteiger partial charge in [0.25, 0.3) is 0 Å². The van der Waals surface area contributed by atoms with Crippen molar-refractivity contribution in [3.63, 3.8) is 0 Å². The van der Waals surface area contributed by atoms with Gasteiger partial charge in [-0.05, 0) is 46.5 Å². The van der Waals surface area contributed by atoms with E-state index < -0.39 is 0 Å². The van der Waals surface area contributed by atoms with Crippen LogP contribution in [0.1, 0.15) is 91.4 Å². The minimum atomic E-state index is 0.122. The minimum Gasteiger partial charge on any atom is -0.273 e. The van der Waals surface area contributed by atoms with E-state index >= 15 is 0 Å². The van der Waals surface area contributed by atoms with Crippen molar-refractivity contribution in [1.82, 2.24) is 5.06 Å². The zero-order valence-corrected chi connectivity index (χ0v) is 14.9. The molecule has 3 heteroatoms. The number of amides is 1. The molecule has 0 aromatic heterocycles. The van der Waals surface area contributed by atoms with E-state index in [1.54, 1.807) is 5.06 Å². The van der Waals surface area contributed by atoms with Crippen molar-refractivity contribution < 1.29 is 9.63 Å². The van der Waals surface area contributed by atoms with E-state index in [2.05, 4.69) is 19.9 Å². The van der Waals surface area contributed by atoms with Crippen molar-refractivity contribution in [3.05, 3.63) is 11.6 Å². The number of carbonyl (C=O) groups excluding carboxylic acids is 1. The van der Waals surface area contributed by atoms with Gasteiger partial charge < -0.3 is 0 Å². The molecule has 0 aromatic rings. The highest BCUT2D eigenvalue weighted by Crippen LogP contribution is 2.17. The lowest BCUT2D eigenvalue weighted by Crippen LogP contribution is -2.38. The van der Waals surface area contributed by atoms with Crippen molar-refractivity contribution in [2.24, 2.45) is 0 Å². The number of hydrogen-bond acceptors (Lipinski definition) is 2. The summed E-state index contributed by atoms with van der Waals surface area (Å²) in [5, 5.41) is 1.63. The Morgan fingerprint density at radius 1 is 1.09 bits per heavy atom. The van der Waals surface area contributed by atoms with Gasteiger partial charge in [0, 0.05) is 6.42 Å². The molecule has 0 fully saturated rings. The SMILES string of the molecule is CCON1C(=O)CCCCCCCCCC/C=C(\C)CC1C. The van der Waals surface area contributed by atoms with Crippen LogP contribution in [0.3, 0.4) is 0 Å². The van der Waals surface area contributed by atoms with Crippen molar-refractivity contribution in [2.75, 3.05) is 6.61 Å². The fourth-order valence-corrected chi connectivity index (χ4v) is 3.16. The number of rotatable bonds is 2. The maximum Gasteiger partial charge on any atom is 0.246 e. The van der Waals surface area contributed by atoms with Crippen molar-refractivity contribution in [2.45, 2.75) is 97.4 Å². The summed E-state index contributed by atoms with van der Waals surface area (Å²) in [5.41, 5.74) is 1.37. The van der Waals surface area contributed by atoms with Crippen LogP contribution in [0.2, 0.25) is 0 Å². The predicted molar refractivity (Wildman–Crippen MR) is 92.5 cm³/mol. The molecule has 0 aliphatic carbocycles. The van der Waals surface area contributed by atoms with Gasteiger partial charge in [0.05, 0.1) is 12.6 Å². The molecular weight excluding hydrogens is 274 g/mol. The van der Waals surface area contributed by atoms with E-state index in [1.807, 2.05) is 6.92 Å². The largest absolute Gasteiger partial charge is 0.273 e. The zero-order chi connectivity index (χ0) is 16.2. The number of carbonyl (C=O) groups is 1. The van der Waals surface area contributed by atoms with Crippen molar-refractivity contribution >= 4 is 5.91 Å². The first-order valence-corrected chi connectivity index (χ1v) is 9.25. The highest BCUT2D eigenvalue weighted by Gasteiger charge is 2.20. The Kier molecular flexibility index (Phi) is 10.2. The molecule has 1 aliphatic heterocycles. The standard InChI is InChI=1S/C19H35NO2/c1-4-22-20-18(3)16-17(2)14-12-10-8-6-5-7-9-11-13-15-19(20)21/h14,18H,4-13,15-16H2,1-3H3/b17-14+.